The van der Waals surface area contributed by atoms with Crippen LogP contribution in [-0.2, 0) is 9.47 Å². The zero-order chi connectivity index (χ0) is 12.5. The first-order valence-electron chi connectivity index (χ1n) is 5.46. The monoisotopic (exact) mass is 319 g/mol. The summed E-state index contributed by atoms with van der Waals surface area (Å²) in [4.78, 5) is 0. The highest BCUT2D eigenvalue weighted by atomic mass is 79.9. The molecule has 0 bridgehead atoms. The summed E-state index contributed by atoms with van der Waals surface area (Å²) < 4.78 is 12.2. The van der Waals surface area contributed by atoms with Gasteiger partial charge in [-0.25, -0.2) is 0 Å². The lowest BCUT2D eigenvalue weighted by Crippen LogP contribution is -2.45. The summed E-state index contributed by atoms with van der Waals surface area (Å²) in [6.45, 7) is 5.06. The van der Waals surface area contributed by atoms with Crippen molar-refractivity contribution in [2.24, 2.45) is 0 Å². The van der Waals surface area contributed by atoms with Gasteiger partial charge in [-0.3, -0.25) is 0 Å². The maximum Gasteiger partial charge on any atom is 0.162 e. The summed E-state index contributed by atoms with van der Waals surface area (Å²) >= 11 is 9.43. The minimum atomic E-state index is -0.482. The molecule has 0 aromatic heterocycles. The predicted octanol–water partition coefficient (Wildman–Crippen LogP) is 3.67. The van der Waals surface area contributed by atoms with Crippen LogP contribution in [0.2, 0.25) is 5.02 Å². The van der Waals surface area contributed by atoms with E-state index in [0.717, 1.165) is 10.2 Å². The normalized spacial score (nSPS) is 20.2. The third-order valence-corrected chi connectivity index (χ3v) is 3.48. The van der Waals surface area contributed by atoms with Crippen LogP contribution in [0, 0.1) is 0 Å². The average molecular weight is 321 g/mol. The Hall–Kier alpha value is -0.290. The third-order valence-electron chi connectivity index (χ3n) is 2.55. The van der Waals surface area contributed by atoms with Gasteiger partial charge in [-0.05, 0) is 48.0 Å². The molecule has 0 unspecified atom stereocenters. The first-order chi connectivity index (χ1) is 7.96. The van der Waals surface area contributed by atoms with Crippen LogP contribution in [-0.4, -0.2) is 25.0 Å². The molecule has 2 rings (SSSR count). The molecule has 94 valence electrons. The minimum absolute atomic E-state index is 0.137. The predicted molar refractivity (Wildman–Crippen MR) is 72.5 cm³/mol. The van der Waals surface area contributed by atoms with Gasteiger partial charge in [0, 0.05) is 9.50 Å². The molecule has 3 nitrogen and oxygen atoms in total. The smallest absolute Gasteiger partial charge is 0.162 e. The van der Waals surface area contributed by atoms with E-state index in [1.165, 1.54) is 0 Å². The number of nitrogens with one attached hydrogen (secondary N) is 1. The number of halogens is 2. The SMILES string of the molecule is CC1(C)OCC(Nc2cc(Cl)ccc2Br)CO1. The molecule has 0 spiro atoms. The molecule has 0 atom stereocenters. The summed E-state index contributed by atoms with van der Waals surface area (Å²) in [6.07, 6.45) is 0. The van der Waals surface area contributed by atoms with Gasteiger partial charge in [0.25, 0.3) is 0 Å². The lowest BCUT2D eigenvalue weighted by atomic mass is 10.2. The van der Waals surface area contributed by atoms with Gasteiger partial charge >= 0.3 is 0 Å². The summed E-state index contributed by atoms with van der Waals surface area (Å²) in [5.74, 6) is -0.482. The van der Waals surface area contributed by atoms with E-state index in [4.69, 9.17) is 21.1 Å². The van der Waals surface area contributed by atoms with Crippen molar-refractivity contribution in [1.29, 1.82) is 0 Å². The second kappa shape index (κ2) is 5.14. The molecular formula is C12H15BrClNO2. The molecule has 0 saturated carbocycles. The van der Waals surface area contributed by atoms with Crippen LogP contribution in [0.15, 0.2) is 22.7 Å². The molecule has 1 heterocycles. The third kappa shape index (κ3) is 3.58. The minimum Gasteiger partial charge on any atom is -0.377 e. The highest BCUT2D eigenvalue weighted by molar-refractivity contribution is 9.10. The van der Waals surface area contributed by atoms with Crippen molar-refractivity contribution < 1.29 is 9.47 Å². The molecule has 1 fully saturated rings. The summed E-state index contributed by atoms with van der Waals surface area (Å²) in [7, 11) is 0. The van der Waals surface area contributed by atoms with Crippen LogP contribution in [0.1, 0.15) is 13.8 Å². The van der Waals surface area contributed by atoms with E-state index in [1.54, 1.807) is 0 Å². The number of rotatable bonds is 2. The van der Waals surface area contributed by atoms with E-state index in [1.807, 2.05) is 32.0 Å². The fourth-order valence-corrected chi connectivity index (χ4v) is 2.14. The number of hydrogen-bond donors (Lipinski definition) is 1. The number of ether oxygens (including phenoxy) is 2. The molecule has 1 aromatic carbocycles. The van der Waals surface area contributed by atoms with E-state index in [2.05, 4.69) is 21.2 Å². The Bertz CT molecular complexity index is 401. The van der Waals surface area contributed by atoms with Crippen LogP contribution in [0.4, 0.5) is 5.69 Å². The lowest BCUT2D eigenvalue weighted by molar-refractivity contribution is -0.247. The molecule has 0 aliphatic carbocycles. The van der Waals surface area contributed by atoms with Crippen LogP contribution >= 0.6 is 27.5 Å². The maximum absolute atomic E-state index is 5.96. The molecule has 1 aliphatic rings. The standard InChI is InChI=1S/C12H15BrClNO2/c1-12(2)16-6-9(7-17-12)15-11-5-8(14)3-4-10(11)13/h3-5,9,15H,6-7H2,1-2H3. The van der Waals surface area contributed by atoms with Crippen molar-refractivity contribution in [1.82, 2.24) is 0 Å². The van der Waals surface area contributed by atoms with E-state index >= 15 is 0 Å². The Morgan fingerprint density at radius 2 is 2.00 bits per heavy atom. The van der Waals surface area contributed by atoms with Crippen molar-refractivity contribution >= 4 is 33.2 Å². The Labute approximate surface area is 115 Å². The summed E-state index contributed by atoms with van der Waals surface area (Å²) in [5, 5.41) is 4.05. The Kier molecular flexibility index (Phi) is 3.98. The van der Waals surface area contributed by atoms with Crippen molar-refractivity contribution in [3.63, 3.8) is 0 Å². The van der Waals surface area contributed by atoms with Crippen molar-refractivity contribution in [2.75, 3.05) is 18.5 Å². The van der Waals surface area contributed by atoms with Gasteiger partial charge in [0.2, 0.25) is 0 Å². The molecule has 0 radical (unpaired) electrons. The van der Waals surface area contributed by atoms with Gasteiger partial charge in [0.1, 0.15) is 0 Å². The lowest BCUT2D eigenvalue weighted by Gasteiger charge is -2.35. The second-order valence-corrected chi connectivity index (χ2v) is 5.78. The summed E-state index contributed by atoms with van der Waals surface area (Å²) in [5.41, 5.74) is 0.953. The van der Waals surface area contributed by atoms with Crippen LogP contribution in [0.5, 0.6) is 0 Å². The first-order valence-corrected chi connectivity index (χ1v) is 6.63. The van der Waals surface area contributed by atoms with Gasteiger partial charge in [-0.2, -0.15) is 0 Å². The van der Waals surface area contributed by atoms with Crippen molar-refractivity contribution in [3.05, 3.63) is 27.7 Å². The molecule has 0 amide bonds. The van der Waals surface area contributed by atoms with Gasteiger partial charge in [-0.15, -0.1) is 0 Å². The van der Waals surface area contributed by atoms with Crippen molar-refractivity contribution in [2.45, 2.75) is 25.7 Å². The Balaban J connectivity index is 2.00. The largest absolute Gasteiger partial charge is 0.377 e. The molecule has 1 aromatic rings. The van der Waals surface area contributed by atoms with E-state index < -0.39 is 5.79 Å². The van der Waals surface area contributed by atoms with Gasteiger partial charge in [0.15, 0.2) is 5.79 Å². The van der Waals surface area contributed by atoms with Gasteiger partial charge in [-0.1, -0.05) is 11.6 Å². The van der Waals surface area contributed by atoms with Crippen LogP contribution in [0.3, 0.4) is 0 Å². The van der Waals surface area contributed by atoms with Crippen molar-refractivity contribution in [3.8, 4) is 0 Å². The van der Waals surface area contributed by atoms with Crippen LogP contribution in [0.25, 0.3) is 0 Å². The Morgan fingerprint density at radius 1 is 1.35 bits per heavy atom. The molecule has 1 N–H and O–H groups in total. The number of hydrogen-bond acceptors (Lipinski definition) is 3. The topological polar surface area (TPSA) is 30.5 Å². The quantitative estimate of drug-likeness (QED) is 0.902. The Morgan fingerprint density at radius 3 is 2.65 bits per heavy atom. The highest BCUT2D eigenvalue weighted by Crippen LogP contribution is 2.27. The fraction of sp³-hybridized carbons (Fsp3) is 0.500. The average Bonchev–Trinajstić information content (AvgIpc) is 2.26. The molecule has 5 heteroatoms. The molecule has 1 saturated heterocycles. The van der Waals surface area contributed by atoms with E-state index in [9.17, 15) is 0 Å². The number of benzene rings is 1. The van der Waals surface area contributed by atoms with Gasteiger partial charge < -0.3 is 14.8 Å². The fourth-order valence-electron chi connectivity index (χ4n) is 1.60. The van der Waals surface area contributed by atoms with E-state index in [-0.39, 0.29) is 6.04 Å². The first kappa shape index (κ1) is 13.1. The van der Waals surface area contributed by atoms with E-state index in [0.29, 0.717) is 18.2 Å². The zero-order valence-corrected chi connectivity index (χ0v) is 12.1. The summed E-state index contributed by atoms with van der Waals surface area (Å²) in [6, 6.07) is 5.77. The van der Waals surface area contributed by atoms with Crippen LogP contribution < -0.4 is 5.32 Å². The number of anilines is 1. The maximum atomic E-state index is 5.96. The second-order valence-electron chi connectivity index (χ2n) is 4.49. The van der Waals surface area contributed by atoms with Gasteiger partial charge in [0.05, 0.1) is 24.9 Å². The molecule has 1 aliphatic heterocycles. The molecular weight excluding hydrogens is 305 g/mol. The highest BCUT2D eigenvalue weighted by Gasteiger charge is 2.28. The molecule has 17 heavy (non-hydrogen) atoms. The zero-order valence-electron chi connectivity index (χ0n) is 9.80.